The number of nitrogens with two attached hydrogens (primary N) is 1. The summed E-state index contributed by atoms with van der Waals surface area (Å²) in [7, 11) is 0. The number of rotatable bonds is 2. The lowest BCUT2D eigenvalue weighted by molar-refractivity contribution is -0.119. The Labute approximate surface area is 111 Å². The molecular formula is C12H16Cl2N2O. The monoisotopic (exact) mass is 274 g/mol. The maximum Gasteiger partial charge on any atom is 0.241 e. The fourth-order valence-corrected chi connectivity index (χ4v) is 1.49. The van der Waals surface area contributed by atoms with Crippen LogP contribution in [0.5, 0.6) is 0 Å². The van der Waals surface area contributed by atoms with Crippen LogP contribution in [0.4, 0.5) is 5.69 Å². The molecule has 0 aliphatic heterocycles. The van der Waals surface area contributed by atoms with E-state index in [2.05, 4.69) is 5.32 Å². The third kappa shape index (κ3) is 3.87. The first-order valence-corrected chi connectivity index (χ1v) is 5.99. The van der Waals surface area contributed by atoms with Crippen LogP contribution in [0.15, 0.2) is 18.2 Å². The van der Waals surface area contributed by atoms with Crippen molar-refractivity contribution in [1.29, 1.82) is 0 Å². The summed E-state index contributed by atoms with van der Waals surface area (Å²) in [6, 6.07) is 4.32. The molecule has 1 unspecified atom stereocenters. The van der Waals surface area contributed by atoms with Crippen LogP contribution in [0.2, 0.25) is 10.0 Å². The standard InChI is InChI=1S/C12H16Cl2N2O/c1-12(2,3)10(15)11(17)16-7-4-5-8(13)9(14)6-7/h4-6,10H,15H2,1-3H3,(H,16,17). The van der Waals surface area contributed by atoms with Gasteiger partial charge in [-0.25, -0.2) is 0 Å². The molecule has 0 fully saturated rings. The highest BCUT2D eigenvalue weighted by atomic mass is 35.5. The zero-order valence-corrected chi connectivity index (χ0v) is 11.6. The van der Waals surface area contributed by atoms with Crippen molar-refractivity contribution in [3.63, 3.8) is 0 Å². The minimum atomic E-state index is -0.586. The van der Waals surface area contributed by atoms with Crippen molar-refractivity contribution in [3.05, 3.63) is 28.2 Å². The van der Waals surface area contributed by atoms with Crippen molar-refractivity contribution in [3.8, 4) is 0 Å². The first-order chi connectivity index (χ1) is 7.71. The molecule has 0 bridgehead atoms. The number of amides is 1. The van der Waals surface area contributed by atoms with Gasteiger partial charge in [0.1, 0.15) is 0 Å². The fourth-order valence-electron chi connectivity index (χ4n) is 1.19. The summed E-state index contributed by atoms with van der Waals surface area (Å²) in [6.45, 7) is 5.73. The van der Waals surface area contributed by atoms with E-state index in [0.717, 1.165) is 0 Å². The van der Waals surface area contributed by atoms with Crippen molar-refractivity contribution < 1.29 is 4.79 Å². The molecule has 5 heteroatoms. The van der Waals surface area contributed by atoms with Gasteiger partial charge < -0.3 is 11.1 Å². The first kappa shape index (κ1) is 14.3. The van der Waals surface area contributed by atoms with Crippen molar-refractivity contribution in [2.45, 2.75) is 26.8 Å². The molecule has 3 N–H and O–H groups in total. The van der Waals surface area contributed by atoms with Crippen LogP contribution in [0.1, 0.15) is 20.8 Å². The van der Waals surface area contributed by atoms with Gasteiger partial charge in [0.15, 0.2) is 0 Å². The number of carbonyl (C=O) groups excluding carboxylic acids is 1. The number of nitrogens with one attached hydrogen (secondary N) is 1. The topological polar surface area (TPSA) is 55.1 Å². The molecule has 0 radical (unpaired) electrons. The van der Waals surface area contributed by atoms with E-state index in [-0.39, 0.29) is 11.3 Å². The Morgan fingerprint density at radius 3 is 2.35 bits per heavy atom. The van der Waals surface area contributed by atoms with Gasteiger partial charge in [0.05, 0.1) is 16.1 Å². The molecule has 0 saturated heterocycles. The van der Waals surface area contributed by atoms with Gasteiger partial charge in [-0.1, -0.05) is 44.0 Å². The normalized spacial score (nSPS) is 13.3. The van der Waals surface area contributed by atoms with Crippen LogP contribution in [0, 0.1) is 5.41 Å². The summed E-state index contributed by atoms with van der Waals surface area (Å²) in [5.41, 5.74) is 6.13. The summed E-state index contributed by atoms with van der Waals surface area (Å²) < 4.78 is 0. The molecule has 0 aliphatic rings. The molecule has 1 atom stereocenters. The Hall–Kier alpha value is -0.770. The number of carbonyl (C=O) groups is 1. The molecule has 1 rings (SSSR count). The molecule has 3 nitrogen and oxygen atoms in total. The van der Waals surface area contributed by atoms with Crippen LogP contribution >= 0.6 is 23.2 Å². The lowest BCUT2D eigenvalue weighted by atomic mass is 9.87. The van der Waals surface area contributed by atoms with Gasteiger partial charge in [0.25, 0.3) is 0 Å². The molecule has 17 heavy (non-hydrogen) atoms. The van der Waals surface area contributed by atoms with E-state index in [9.17, 15) is 4.79 Å². The quantitative estimate of drug-likeness (QED) is 0.870. The lowest BCUT2D eigenvalue weighted by Crippen LogP contribution is -2.45. The van der Waals surface area contributed by atoms with Crippen molar-refractivity contribution >= 4 is 34.8 Å². The molecule has 94 valence electrons. The number of anilines is 1. The predicted molar refractivity (Wildman–Crippen MR) is 72.5 cm³/mol. The lowest BCUT2D eigenvalue weighted by Gasteiger charge is -2.25. The molecule has 1 aromatic carbocycles. The van der Waals surface area contributed by atoms with E-state index < -0.39 is 6.04 Å². The zero-order chi connectivity index (χ0) is 13.2. The van der Waals surface area contributed by atoms with E-state index in [4.69, 9.17) is 28.9 Å². The van der Waals surface area contributed by atoms with Gasteiger partial charge in [-0.3, -0.25) is 4.79 Å². The zero-order valence-electron chi connectivity index (χ0n) is 10.1. The Morgan fingerprint density at radius 2 is 1.88 bits per heavy atom. The Kier molecular flexibility index (Phi) is 4.42. The third-order valence-corrected chi connectivity index (χ3v) is 3.14. The summed E-state index contributed by atoms with van der Waals surface area (Å²) in [6.07, 6.45) is 0. The third-order valence-electron chi connectivity index (χ3n) is 2.40. The van der Waals surface area contributed by atoms with E-state index in [1.54, 1.807) is 18.2 Å². The Bertz CT molecular complexity index is 427. The second-order valence-corrected chi connectivity index (χ2v) is 5.78. The molecule has 0 aliphatic carbocycles. The average Bonchev–Trinajstić information content (AvgIpc) is 2.21. The number of benzene rings is 1. The van der Waals surface area contributed by atoms with Gasteiger partial charge in [0, 0.05) is 5.69 Å². The highest BCUT2D eigenvalue weighted by Crippen LogP contribution is 2.25. The molecule has 0 heterocycles. The van der Waals surface area contributed by atoms with Crippen LogP contribution in [-0.2, 0) is 4.79 Å². The largest absolute Gasteiger partial charge is 0.325 e. The SMILES string of the molecule is CC(C)(C)C(N)C(=O)Nc1ccc(Cl)c(Cl)c1. The van der Waals surface area contributed by atoms with Crippen LogP contribution in [-0.4, -0.2) is 11.9 Å². The number of halogens is 2. The second-order valence-electron chi connectivity index (χ2n) is 4.96. The minimum Gasteiger partial charge on any atom is -0.325 e. The molecule has 1 aromatic rings. The summed E-state index contributed by atoms with van der Waals surface area (Å²) in [5, 5.41) is 3.56. The summed E-state index contributed by atoms with van der Waals surface area (Å²) in [5.74, 6) is -0.240. The van der Waals surface area contributed by atoms with E-state index in [0.29, 0.717) is 15.7 Å². The smallest absolute Gasteiger partial charge is 0.241 e. The highest BCUT2D eigenvalue weighted by Gasteiger charge is 2.27. The van der Waals surface area contributed by atoms with Gasteiger partial charge in [-0.2, -0.15) is 0 Å². The second kappa shape index (κ2) is 5.25. The molecular weight excluding hydrogens is 259 g/mol. The minimum absolute atomic E-state index is 0.240. The van der Waals surface area contributed by atoms with E-state index in [1.165, 1.54) is 0 Å². The van der Waals surface area contributed by atoms with Crippen molar-refractivity contribution in [2.75, 3.05) is 5.32 Å². The first-order valence-electron chi connectivity index (χ1n) is 5.23. The Balaban J connectivity index is 2.78. The van der Waals surface area contributed by atoms with Gasteiger partial charge in [-0.15, -0.1) is 0 Å². The molecule has 1 amide bonds. The predicted octanol–water partition coefficient (Wildman–Crippen LogP) is 3.31. The summed E-state index contributed by atoms with van der Waals surface area (Å²) in [4.78, 5) is 11.8. The van der Waals surface area contributed by atoms with Gasteiger partial charge in [-0.05, 0) is 23.6 Å². The number of hydrogen-bond donors (Lipinski definition) is 2. The van der Waals surface area contributed by atoms with Crippen LogP contribution in [0.25, 0.3) is 0 Å². The van der Waals surface area contributed by atoms with Gasteiger partial charge >= 0.3 is 0 Å². The molecule has 0 saturated carbocycles. The van der Waals surface area contributed by atoms with Crippen LogP contribution in [0.3, 0.4) is 0 Å². The van der Waals surface area contributed by atoms with E-state index >= 15 is 0 Å². The fraction of sp³-hybridized carbons (Fsp3) is 0.417. The van der Waals surface area contributed by atoms with Crippen LogP contribution < -0.4 is 11.1 Å². The maximum atomic E-state index is 11.8. The Morgan fingerprint density at radius 1 is 1.29 bits per heavy atom. The number of hydrogen-bond acceptors (Lipinski definition) is 2. The van der Waals surface area contributed by atoms with Crippen molar-refractivity contribution in [2.24, 2.45) is 11.1 Å². The maximum absolute atomic E-state index is 11.8. The van der Waals surface area contributed by atoms with Crippen molar-refractivity contribution in [1.82, 2.24) is 0 Å². The molecule has 0 spiro atoms. The molecule has 0 aromatic heterocycles. The average molecular weight is 275 g/mol. The highest BCUT2D eigenvalue weighted by molar-refractivity contribution is 6.42. The van der Waals surface area contributed by atoms with Gasteiger partial charge in [0.2, 0.25) is 5.91 Å². The summed E-state index contributed by atoms with van der Waals surface area (Å²) >= 11 is 11.6. The van der Waals surface area contributed by atoms with E-state index in [1.807, 2.05) is 20.8 Å².